The summed E-state index contributed by atoms with van der Waals surface area (Å²) in [7, 11) is 0. The molecule has 2 unspecified atom stereocenters. The van der Waals surface area contributed by atoms with Gasteiger partial charge < -0.3 is 4.74 Å². The fourth-order valence-electron chi connectivity index (χ4n) is 2.30. The summed E-state index contributed by atoms with van der Waals surface area (Å²) >= 11 is 0. The molecule has 0 aromatic carbocycles. The van der Waals surface area contributed by atoms with Crippen molar-refractivity contribution < 1.29 is 14.3 Å². The van der Waals surface area contributed by atoms with E-state index in [-0.39, 0.29) is 17.7 Å². The number of ketones is 1. The monoisotopic (exact) mass is 212 g/mol. The van der Waals surface area contributed by atoms with Crippen LogP contribution in [0.25, 0.3) is 0 Å². The second-order valence-corrected chi connectivity index (χ2v) is 4.19. The van der Waals surface area contributed by atoms with Gasteiger partial charge in [-0.05, 0) is 25.7 Å². The van der Waals surface area contributed by atoms with Gasteiger partial charge in [0.15, 0.2) is 0 Å². The Morgan fingerprint density at radius 3 is 2.80 bits per heavy atom. The molecule has 1 aliphatic carbocycles. The van der Waals surface area contributed by atoms with Crippen LogP contribution in [0.5, 0.6) is 0 Å². The number of hydrogen-bond acceptors (Lipinski definition) is 3. The summed E-state index contributed by atoms with van der Waals surface area (Å²) in [5.41, 5.74) is 0. The lowest BCUT2D eigenvalue weighted by molar-refractivity contribution is -0.153. The normalized spacial score (nSPS) is 26.4. The van der Waals surface area contributed by atoms with Gasteiger partial charge in [0, 0.05) is 12.8 Å². The van der Waals surface area contributed by atoms with Crippen molar-refractivity contribution in [1.82, 2.24) is 0 Å². The Kier molecular flexibility index (Phi) is 4.79. The molecule has 0 aromatic heterocycles. The van der Waals surface area contributed by atoms with Crippen molar-refractivity contribution in [1.29, 1.82) is 0 Å². The second kappa shape index (κ2) is 5.89. The Bertz CT molecular complexity index is 235. The highest BCUT2D eigenvalue weighted by molar-refractivity contribution is 5.85. The molecule has 0 aromatic rings. The predicted octanol–water partition coefficient (Wildman–Crippen LogP) is 2.33. The van der Waals surface area contributed by atoms with Crippen LogP contribution in [0.3, 0.4) is 0 Å². The Hall–Kier alpha value is -0.860. The quantitative estimate of drug-likeness (QED) is 0.672. The average molecular weight is 212 g/mol. The molecule has 0 bridgehead atoms. The maximum atomic E-state index is 11.7. The Morgan fingerprint density at radius 1 is 1.47 bits per heavy atom. The lowest BCUT2D eigenvalue weighted by atomic mass is 9.76. The molecule has 1 rings (SSSR count). The van der Waals surface area contributed by atoms with E-state index in [2.05, 4.69) is 6.92 Å². The van der Waals surface area contributed by atoms with Crippen LogP contribution in [0, 0.1) is 11.8 Å². The van der Waals surface area contributed by atoms with Crippen LogP contribution in [0.2, 0.25) is 0 Å². The first-order valence-electron chi connectivity index (χ1n) is 5.87. The molecule has 1 fully saturated rings. The maximum absolute atomic E-state index is 11.7. The van der Waals surface area contributed by atoms with Crippen molar-refractivity contribution in [3.63, 3.8) is 0 Å². The van der Waals surface area contributed by atoms with Gasteiger partial charge in [-0.25, -0.2) is 0 Å². The smallest absolute Gasteiger partial charge is 0.309 e. The van der Waals surface area contributed by atoms with Crippen molar-refractivity contribution in [3.05, 3.63) is 0 Å². The van der Waals surface area contributed by atoms with E-state index >= 15 is 0 Å². The lowest BCUT2D eigenvalue weighted by Crippen LogP contribution is -2.32. The zero-order valence-electron chi connectivity index (χ0n) is 9.62. The second-order valence-electron chi connectivity index (χ2n) is 4.19. The van der Waals surface area contributed by atoms with Gasteiger partial charge in [0.1, 0.15) is 5.78 Å². The fraction of sp³-hybridized carbons (Fsp3) is 0.833. The van der Waals surface area contributed by atoms with Crippen LogP contribution in [0.1, 0.15) is 46.0 Å². The molecular weight excluding hydrogens is 192 g/mol. The topological polar surface area (TPSA) is 43.4 Å². The third-order valence-electron chi connectivity index (χ3n) is 3.06. The zero-order chi connectivity index (χ0) is 11.3. The van der Waals surface area contributed by atoms with Crippen LogP contribution in [0.4, 0.5) is 0 Å². The number of Topliss-reactive ketones (excluding diaryl/α,β-unsaturated/α-hetero) is 1. The van der Waals surface area contributed by atoms with Crippen molar-refractivity contribution in [3.8, 4) is 0 Å². The molecule has 0 saturated heterocycles. The van der Waals surface area contributed by atoms with E-state index < -0.39 is 0 Å². The summed E-state index contributed by atoms with van der Waals surface area (Å²) in [6.07, 6.45) is 3.98. The molecule has 1 aliphatic rings. The first kappa shape index (κ1) is 12.2. The maximum Gasteiger partial charge on any atom is 0.309 e. The van der Waals surface area contributed by atoms with Crippen LogP contribution in [0.15, 0.2) is 0 Å². The highest BCUT2D eigenvalue weighted by Crippen LogP contribution is 2.32. The third kappa shape index (κ3) is 3.33. The van der Waals surface area contributed by atoms with E-state index in [1.54, 1.807) is 6.92 Å². The minimum absolute atomic E-state index is 0.175. The summed E-state index contributed by atoms with van der Waals surface area (Å²) in [6, 6.07) is 0. The Balaban J connectivity index is 2.60. The summed E-state index contributed by atoms with van der Waals surface area (Å²) < 4.78 is 5.02. The molecule has 0 radical (unpaired) electrons. The van der Waals surface area contributed by atoms with Crippen LogP contribution < -0.4 is 0 Å². The first-order chi connectivity index (χ1) is 7.19. The van der Waals surface area contributed by atoms with Crippen LogP contribution in [-0.4, -0.2) is 18.4 Å². The summed E-state index contributed by atoms with van der Waals surface area (Å²) in [5.74, 6) is 0.210. The fourth-order valence-corrected chi connectivity index (χ4v) is 2.30. The molecule has 86 valence electrons. The molecule has 2 atom stereocenters. The number of carbonyl (C=O) groups excluding carboxylic acids is 2. The van der Waals surface area contributed by atoms with Crippen molar-refractivity contribution in [2.45, 2.75) is 46.0 Å². The van der Waals surface area contributed by atoms with Crippen LogP contribution in [-0.2, 0) is 14.3 Å². The van der Waals surface area contributed by atoms with Crippen LogP contribution >= 0.6 is 0 Å². The van der Waals surface area contributed by atoms with E-state index in [1.165, 1.54) is 0 Å². The standard InChI is InChI=1S/C12H20O3/c1-3-5-9-6-7-10(13)8-11(9)12(14)15-4-2/h9,11H,3-8H2,1-2H3. The average Bonchev–Trinajstić information content (AvgIpc) is 2.21. The molecule has 0 aliphatic heterocycles. The predicted molar refractivity (Wildman–Crippen MR) is 57.4 cm³/mol. The van der Waals surface area contributed by atoms with Gasteiger partial charge in [0.25, 0.3) is 0 Å². The minimum atomic E-state index is -0.177. The van der Waals surface area contributed by atoms with Gasteiger partial charge in [-0.15, -0.1) is 0 Å². The molecule has 15 heavy (non-hydrogen) atoms. The van der Waals surface area contributed by atoms with Crippen molar-refractivity contribution in [2.24, 2.45) is 11.8 Å². The van der Waals surface area contributed by atoms with Gasteiger partial charge in [-0.2, -0.15) is 0 Å². The molecule has 0 spiro atoms. The van der Waals surface area contributed by atoms with E-state index in [0.29, 0.717) is 25.4 Å². The number of ether oxygens (including phenoxy) is 1. The van der Waals surface area contributed by atoms with Crippen molar-refractivity contribution >= 4 is 11.8 Å². The molecular formula is C12H20O3. The van der Waals surface area contributed by atoms with E-state index in [0.717, 1.165) is 19.3 Å². The van der Waals surface area contributed by atoms with E-state index in [9.17, 15) is 9.59 Å². The third-order valence-corrected chi connectivity index (χ3v) is 3.06. The molecule has 0 amide bonds. The van der Waals surface area contributed by atoms with E-state index in [1.807, 2.05) is 0 Å². The number of carbonyl (C=O) groups is 2. The number of hydrogen-bond donors (Lipinski definition) is 0. The molecule has 0 heterocycles. The highest BCUT2D eigenvalue weighted by atomic mass is 16.5. The lowest BCUT2D eigenvalue weighted by Gasteiger charge is -2.28. The first-order valence-corrected chi connectivity index (χ1v) is 5.87. The highest BCUT2D eigenvalue weighted by Gasteiger charge is 2.34. The molecule has 1 saturated carbocycles. The van der Waals surface area contributed by atoms with Gasteiger partial charge in [0.2, 0.25) is 0 Å². The zero-order valence-corrected chi connectivity index (χ0v) is 9.62. The largest absolute Gasteiger partial charge is 0.466 e. The molecule has 3 heteroatoms. The van der Waals surface area contributed by atoms with Gasteiger partial charge in [0.05, 0.1) is 12.5 Å². The van der Waals surface area contributed by atoms with Crippen molar-refractivity contribution in [2.75, 3.05) is 6.61 Å². The van der Waals surface area contributed by atoms with Gasteiger partial charge >= 0.3 is 5.97 Å². The summed E-state index contributed by atoms with van der Waals surface area (Å²) in [4.78, 5) is 23.0. The number of esters is 1. The Labute approximate surface area is 91.2 Å². The SMILES string of the molecule is CCCC1CCC(=O)CC1C(=O)OCC. The number of rotatable bonds is 4. The summed E-state index contributed by atoms with van der Waals surface area (Å²) in [5, 5.41) is 0. The minimum Gasteiger partial charge on any atom is -0.466 e. The van der Waals surface area contributed by atoms with Gasteiger partial charge in [-0.1, -0.05) is 13.3 Å². The van der Waals surface area contributed by atoms with E-state index in [4.69, 9.17) is 4.74 Å². The Morgan fingerprint density at radius 2 is 2.20 bits per heavy atom. The molecule has 0 N–H and O–H groups in total. The molecule has 3 nitrogen and oxygen atoms in total. The van der Waals surface area contributed by atoms with Gasteiger partial charge in [-0.3, -0.25) is 9.59 Å². The summed E-state index contributed by atoms with van der Waals surface area (Å²) in [6.45, 7) is 4.32.